The number of rotatable bonds is 11. The molecule has 0 aromatic heterocycles. The summed E-state index contributed by atoms with van der Waals surface area (Å²) in [5.74, 6) is 1.65. The van der Waals surface area contributed by atoms with Crippen molar-refractivity contribution in [3.8, 4) is 0 Å². The van der Waals surface area contributed by atoms with Gasteiger partial charge in [0.15, 0.2) is 0 Å². The highest BCUT2D eigenvalue weighted by molar-refractivity contribution is 5.76. The minimum atomic E-state index is 0.330. The van der Waals surface area contributed by atoms with Gasteiger partial charge in [0.2, 0.25) is 5.91 Å². The van der Waals surface area contributed by atoms with Crippen molar-refractivity contribution in [3.05, 3.63) is 0 Å². The molecule has 0 saturated carbocycles. The third kappa shape index (κ3) is 11.3. The molecule has 0 unspecified atom stereocenters. The molecule has 1 N–H and O–H groups in total. The number of hydrogen-bond donors (Lipinski definition) is 1. The lowest BCUT2D eigenvalue weighted by Crippen LogP contribution is -2.34. The van der Waals surface area contributed by atoms with Crippen LogP contribution in [-0.4, -0.2) is 36.5 Å². The van der Waals surface area contributed by atoms with Crippen LogP contribution in [0, 0.1) is 11.8 Å². The van der Waals surface area contributed by atoms with Crippen LogP contribution in [0.25, 0.3) is 0 Å². The average Bonchev–Trinajstić information content (AvgIpc) is 2.33. The van der Waals surface area contributed by atoms with Crippen molar-refractivity contribution >= 4 is 5.91 Å². The maximum absolute atomic E-state index is 12.3. The molecule has 0 spiro atoms. The van der Waals surface area contributed by atoms with Crippen LogP contribution in [-0.2, 0) is 4.79 Å². The van der Waals surface area contributed by atoms with Gasteiger partial charge in [0.05, 0.1) is 0 Å². The van der Waals surface area contributed by atoms with Gasteiger partial charge < -0.3 is 10.2 Å². The number of carbonyl (C=O) groups is 1. The molecule has 0 fully saturated rings. The number of carbonyl (C=O) groups excluding carboxylic acids is 1. The van der Waals surface area contributed by atoms with Crippen molar-refractivity contribution in [2.24, 2.45) is 11.8 Å². The molecule has 0 aromatic carbocycles. The van der Waals surface area contributed by atoms with E-state index >= 15 is 0 Å². The Balaban J connectivity index is 4.10. The number of amides is 1. The van der Waals surface area contributed by atoms with Crippen LogP contribution < -0.4 is 5.32 Å². The number of nitrogens with zero attached hydrogens (tertiary/aromatic N) is 1. The monoisotopic (exact) mass is 284 g/mol. The lowest BCUT2D eigenvalue weighted by Gasteiger charge is -2.24. The molecule has 0 aliphatic heterocycles. The fraction of sp³-hybridized carbons (Fsp3) is 0.941. The first-order valence-electron chi connectivity index (χ1n) is 8.34. The fourth-order valence-corrected chi connectivity index (χ4v) is 1.98. The van der Waals surface area contributed by atoms with Crippen molar-refractivity contribution in [3.63, 3.8) is 0 Å². The molecule has 1 amide bonds. The summed E-state index contributed by atoms with van der Waals surface area (Å²) in [6, 6.07) is 0.503. The molecule has 0 aromatic rings. The highest BCUT2D eigenvalue weighted by atomic mass is 16.2. The lowest BCUT2D eigenvalue weighted by molar-refractivity contribution is -0.131. The minimum absolute atomic E-state index is 0.330. The van der Waals surface area contributed by atoms with Crippen LogP contribution in [0.3, 0.4) is 0 Å². The summed E-state index contributed by atoms with van der Waals surface area (Å²) in [6.45, 7) is 15.9. The summed E-state index contributed by atoms with van der Waals surface area (Å²) in [5, 5.41) is 3.37. The van der Waals surface area contributed by atoms with Gasteiger partial charge in [-0.05, 0) is 37.6 Å². The lowest BCUT2D eigenvalue weighted by atomic mass is 10.1. The summed E-state index contributed by atoms with van der Waals surface area (Å²) in [5.41, 5.74) is 0. The van der Waals surface area contributed by atoms with E-state index in [1.807, 2.05) is 0 Å². The van der Waals surface area contributed by atoms with Crippen molar-refractivity contribution in [1.82, 2.24) is 10.2 Å². The highest BCUT2D eigenvalue weighted by Crippen LogP contribution is 2.08. The molecular formula is C17H36N2O. The van der Waals surface area contributed by atoms with E-state index in [1.54, 1.807) is 0 Å². The summed E-state index contributed by atoms with van der Waals surface area (Å²) in [4.78, 5) is 14.4. The zero-order valence-corrected chi connectivity index (χ0v) is 14.5. The topological polar surface area (TPSA) is 32.3 Å². The van der Waals surface area contributed by atoms with Gasteiger partial charge in [0.1, 0.15) is 0 Å². The molecule has 0 aliphatic carbocycles. The van der Waals surface area contributed by atoms with Crippen molar-refractivity contribution < 1.29 is 4.79 Å². The Hall–Kier alpha value is -0.570. The summed E-state index contributed by atoms with van der Waals surface area (Å²) in [6.07, 6.45) is 3.83. The van der Waals surface area contributed by atoms with Gasteiger partial charge in [-0.15, -0.1) is 0 Å². The highest BCUT2D eigenvalue weighted by Gasteiger charge is 2.14. The second kappa shape index (κ2) is 11.1. The Labute approximate surface area is 126 Å². The van der Waals surface area contributed by atoms with Gasteiger partial charge in [0, 0.05) is 25.6 Å². The molecule has 0 rings (SSSR count). The van der Waals surface area contributed by atoms with E-state index in [2.05, 4.69) is 51.8 Å². The standard InChI is InChI=1S/C17H36N2O/c1-14(2)9-12-19(13-10-15(3)4)17(20)8-7-11-18-16(5)6/h14-16,18H,7-13H2,1-6H3. The zero-order valence-electron chi connectivity index (χ0n) is 14.5. The first-order valence-corrected chi connectivity index (χ1v) is 8.34. The first-order chi connectivity index (χ1) is 9.32. The third-order valence-corrected chi connectivity index (χ3v) is 3.43. The maximum Gasteiger partial charge on any atom is 0.222 e. The molecule has 120 valence electrons. The Kier molecular flexibility index (Phi) is 10.8. The molecule has 0 radical (unpaired) electrons. The van der Waals surface area contributed by atoms with E-state index in [1.165, 1.54) is 0 Å². The molecular weight excluding hydrogens is 248 g/mol. The Morgan fingerprint density at radius 2 is 1.45 bits per heavy atom. The van der Waals surface area contributed by atoms with E-state index in [-0.39, 0.29) is 0 Å². The summed E-state index contributed by atoms with van der Waals surface area (Å²) >= 11 is 0. The fourth-order valence-electron chi connectivity index (χ4n) is 1.98. The zero-order chi connectivity index (χ0) is 15.5. The van der Waals surface area contributed by atoms with E-state index in [0.717, 1.165) is 38.9 Å². The second-order valence-corrected chi connectivity index (χ2v) is 6.96. The predicted octanol–water partition coefficient (Wildman–Crippen LogP) is 3.69. The van der Waals surface area contributed by atoms with Gasteiger partial charge in [-0.2, -0.15) is 0 Å². The molecule has 0 aliphatic rings. The first kappa shape index (κ1) is 19.4. The molecule has 3 heteroatoms. The van der Waals surface area contributed by atoms with Crippen molar-refractivity contribution in [2.45, 2.75) is 73.3 Å². The quantitative estimate of drug-likeness (QED) is 0.587. The Morgan fingerprint density at radius 1 is 0.950 bits per heavy atom. The van der Waals surface area contributed by atoms with Crippen LogP contribution in [0.4, 0.5) is 0 Å². The average molecular weight is 284 g/mol. The smallest absolute Gasteiger partial charge is 0.222 e. The van der Waals surface area contributed by atoms with Crippen LogP contribution in [0.1, 0.15) is 67.2 Å². The molecule has 0 atom stereocenters. The maximum atomic E-state index is 12.3. The van der Waals surface area contributed by atoms with Crippen molar-refractivity contribution in [2.75, 3.05) is 19.6 Å². The van der Waals surface area contributed by atoms with Gasteiger partial charge in [0.25, 0.3) is 0 Å². The van der Waals surface area contributed by atoms with Crippen LogP contribution in [0.2, 0.25) is 0 Å². The van der Waals surface area contributed by atoms with Crippen molar-refractivity contribution in [1.29, 1.82) is 0 Å². The minimum Gasteiger partial charge on any atom is -0.343 e. The molecule has 3 nitrogen and oxygen atoms in total. The third-order valence-electron chi connectivity index (χ3n) is 3.43. The molecule has 0 bridgehead atoms. The van der Waals surface area contributed by atoms with Crippen LogP contribution in [0.5, 0.6) is 0 Å². The number of nitrogens with one attached hydrogen (secondary N) is 1. The molecule has 0 heterocycles. The van der Waals surface area contributed by atoms with Gasteiger partial charge >= 0.3 is 0 Å². The van der Waals surface area contributed by atoms with E-state index in [9.17, 15) is 4.79 Å². The van der Waals surface area contributed by atoms with Gasteiger partial charge in [-0.1, -0.05) is 41.5 Å². The van der Waals surface area contributed by atoms with Gasteiger partial charge in [-0.3, -0.25) is 4.79 Å². The largest absolute Gasteiger partial charge is 0.343 e. The molecule has 0 saturated heterocycles. The van der Waals surface area contributed by atoms with E-state index in [0.29, 0.717) is 30.2 Å². The SMILES string of the molecule is CC(C)CCN(CCC(C)C)C(=O)CCCNC(C)C. The summed E-state index contributed by atoms with van der Waals surface area (Å²) in [7, 11) is 0. The summed E-state index contributed by atoms with van der Waals surface area (Å²) < 4.78 is 0. The van der Waals surface area contributed by atoms with Crippen LogP contribution in [0.15, 0.2) is 0 Å². The Morgan fingerprint density at radius 3 is 1.85 bits per heavy atom. The molecule has 20 heavy (non-hydrogen) atoms. The van der Waals surface area contributed by atoms with E-state index < -0.39 is 0 Å². The van der Waals surface area contributed by atoms with Crippen LogP contribution >= 0.6 is 0 Å². The van der Waals surface area contributed by atoms with Gasteiger partial charge in [-0.25, -0.2) is 0 Å². The second-order valence-electron chi connectivity index (χ2n) is 6.96. The van der Waals surface area contributed by atoms with E-state index in [4.69, 9.17) is 0 Å². The number of hydrogen-bond acceptors (Lipinski definition) is 2. The predicted molar refractivity (Wildman–Crippen MR) is 87.9 cm³/mol. The normalized spacial score (nSPS) is 11.7. The Bertz CT molecular complexity index is 237.